The first kappa shape index (κ1) is 21.4. The summed E-state index contributed by atoms with van der Waals surface area (Å²) < 4.78 is 11.2. The van der Waals surface area contributed by atoms with Gasteiger partial charge in [-0.05, 0) is 17.2 Å². The van der Waals surface area contributed by atoms with Gasteiger partial charge < -0.3 is 19.7 Å². The van der Waals surface area contributed by atoms with E-state index >= 15 is 0 Å². The number of ether oxygens (including phenoxy) is 1. The molecule has 7 nitrogen and oxygen atoms in total. The summed E-state index contributed by atoms with van der Waals surface area (Å²) in [5.74, 6) is 0.348. The Labute approximate surface area is 175 Å². The molecule has 0 radical (unpaired) electrons. The molecule has 3 unspecified atom stereocenters. The van der Waals surface area contributed by atoms with Gasteiger partial charge in [-0.3, -0.25) is 4.79 Å². The minimum atomic E-state index is -0.571. The third kappa shape index (κ3) is 5.85. The number of aliphatic hydroxyl groups excluding tert-OH is 1. The molecule has 0 aliphatic heterocycles. The third-order valence-corrected chi connectivity index (χ3v) is 4.80. The molecule has 3 atom stereocenters. The summed E-state index contributed by atoms with van der Waals surface area (Å²) in [6.07, 6.45) is 3.64. The van der Waals surface area contributed by atoms with Crippen molar-refractivity contribution in [2.75, 3.05) is 6.61 Å². The van der Waals surface area contributed by atoms with Crippen LogP contribution < -0.4 is 5.32 Å². The van der Waals surface area contributed by atoms with E-state index in [4.69, 9.17) is 9.26 Å². The number of rotatable bonds is 11. The molecular weight excluding hydrogens is 382 g/mol. The standard InChI is InChI=1S/C23H25N3O4/c1-17(20(14-27)29-15-19-10-6-3-7-11-19)22(24-16-28)23-25-21(30-26-23)13-12-18-8-4-2-5-9-18/h2-13,16-17,20,22,27H,14-15H2,1H3,(H,24,28). The average Bonchev–Trinajstić information content (AvgIpc) is 3.26. The smallest absolute Gasteiger partial charge is 0.250 e. The van der Waals surface area contributed by atoms with Crippen molar-refractivity contribution in [3.05, 3.63) is 83.5 Å². The van der Waals surface area contributed by atoms with Gasteiger partial charge in [-0.25, -0.2) is 0 Å². The van der Waals surface area contributed by atoms with Crippen molar-refractivity contribution >= 4 is 18.6 Å². The summed E-state index contributed by atoms with van der Waals surface area (Å²) in [6.45, 7) is 2.01. The Hall–Kier alpha value is -3.29. The molecule has 2 N–H and O–H groups in total. The quantitative estimate of drug-likeness (QED) is 0.474. The lowest BCUT2D eigenvalue weighted by molar-refractivity contribution is -0.111. The second kappa shape index (κ2) is 11.0. The number of carbonyl (C=O) groups is 1. The highest BCUT2D eigenvalue weighted by Gasteiger charge is 2.30. The van der Waals surface area contributed by atoms with Gasteiger partial charge in [-0.2, -0.15) is 4.98 Å². The van der Waals surface area contributed by atoms with E-state index in [9.17, 15) is 9.90 Å². The van der Waals surface area contributed by atoms with Crippen molar-refractivity contribution in [1.29, 1.82) is 0 Å². The highest BCUT2D eigenvalue weighted by molar-refractivity contribution is 5.65. The Morgan fingerprint density at radius 3 is 2.47 bits per heavy atom. The molecule has 0 aliphatic carbocycles. The summed E-state index contributed by atoms with van der Waals surface area (Å²) in [5, 5.41) is 16.6. The molecule has 156 valence electrons. The molecule has 3 rings (SSSR count). The SMILES string of the molecule is CC(C(CO)OCc1ccccc1)C(NC=O)c1noc(C=Cc2ccccc2)n1. The van der Waals surface area contributed by atoms with Crippen LogP contribution in [0.4, 0.5) is 0 Å². The molecule has 0 bridgehead atoms. The van der Waals surface area contributed by atoms with Gasteiger partial charge in [0.25, 0.3) is 5.89 Å². The topological polar surface area (TPSA) is 97.5 Å². The summed E-state index contributed by atoms with van der Waals surface area (Å²) in [5.41, 5.74) is 2.00. The Balaban J connectivity index is 1.69. The lowest BCUT2D eigenvalue weighted by Crippen LogP contribution is -2.37. The number of aliphatic hydroxyl groups is 1. The lowest BCUT2D eigenvalue weighted by Gasteiger charge is -2.27. The monoisotopic (exact) mass is 407 g/mol. The molecule has 1 amide bonds. The predicted octanol–water partition coefficient (Wildman–Crippen LogP) is 3.24. The van der Waals surface area contributed by atoms with Gasteiger partial charge in [0.1, 0.15) is 0 Å². The predicted molar refractivity (Wildman–Crippen MR) is 113 cm³/mol. The van der Waals surface area contributed by atoms with Crippen LogP contribution in [0.1, 0.15) is 35.8 Å². The first-order valence-electron chi connectivity index (χ1n) is 9.74. The number of hydrogen-bond donors (Lipinski definition) is 2. The van der Waals surface area contributed by atoms with Crippen LogP contribution in [-0.2, 0) is 16.1 Å². The molecule has 0 fully saturated rings. The molecule has 1 heterocycles. The fourth-order valence-corrected chi connectivity index (χ4v) is 3.07. The lowest BCUT2D eigenvalue weighted by atomic mass is 9.95. The summed E-state index contributed by atoms with van der Waals surface area (Å²) in [6, 6.07) is 18.9. The Kier molecular flexibility index (Phi) is 7.88. The minimum Gasteiger partial charge on any atom is -0.394 e. The molecule has 30 heavy (non-hydrogen) atoms. The second-order valence-electron chi connectivity index (χ2n) is 6.87. The van der Waals surface area contributed by atoms with Crippen LogP contribution in [0.5, 0.6) is 0 Å². The maximum Gasteiger partial charge on any atom is 0.250 e. The highest BCUT2D eigenvalue weighted by Crippen LogP contribution is 2.25. The minimum absolute atomic E-state index is 0.205. The number of carbonyl (C=O) groups excluding carboxylic acids is 1. The van der Waals surface area contributed by atoms with Crippen molar-refractivity contribution < 1.29 is 19.2 Å². The fraction of sp³-hybridized carbons (Fsp3) is 0.261. The summed E-state index contributed by atoms with van der Waals surface area (Å²) in [4.78, 5) is 15.6. The van der Waals surface area contributed by atoms with Crippen molar-refractivity contribution in [3.8, 4) is 0 Å². The van der Waals surface area contributed by atoms with Crippen molar-refractivity contribution in [3.63, 3.8) is 0 Å². The Morgan fingerprint density at radius 1 is 1.10 bits per heavy atom. The normalized spacial score (nSPS) is 14.3. The van der Waals surface area contributed by atoms with E-state index in [0.29, 0.717) is 24.7 Å². The zero-order valence-electron chi connectivity index (χ0n) is 16.7. The van der Waals surface area contributed by atoms with E-state index in [-0.39, 0.29) is 12.5 Å². The van der Waals surface area contributed by atoms with E-state index in [1.165, 1.54) is 0 Å². The highest BCUT2D eigenvalue weighted by atomic mass is 16.5. The van der Waals surface area contributed by atoms with Crippen molar-refractivity contribution in [2.45, 2.75) is 25.7 Å². The molecule has 0 aliphatic rings. The van der Waals surface area contributed by atoms with Gasteiger partial charge in [-0.1, -0.05) is 72.7 Å². The number of nitrogens with zero attached hydrogens (tertiary/aromatic N) is 2. The van der Waals surface area contributed by atoms with Gasteiger partial charge in [0, 0.05) is 12.0 Å². The summed E-state index contributed by atoms with van der Waals surface area (Å²) in [7, 11) is 0. The fourth-order valence-electron chi connectivity index (χ4n) is 3.07. The maximum atomic E-state index is 11.2. The van der Waals surface area contributed by atoms with E-state index in [1.54, 1.807) is 6.08 Å². The molecule has 0 saturated carbocycles. The first-order valence-corrected chi connectivity index (χ1v) is 9.74. The molecule has 0 saturated heterocycles. The Morgan fingerprint density at radius 2 is 1.80 bits per heavy atom. The molecule has 1 aromatic heterocycles. The van der Waals surface area contributed by atoms with Gasteiger partial charge in [0.2, 0.25) is 6.41 Å². The van der Waals surface area contributed by atoms with Crippen LogP contribution in [0.3, 0.4) is 0 Å². The number of hydrogen-bond acceptors (Lipinski definition) is 6. The second-order valence-corrected chi connectivity index (χ2v) is 6.87. The third-order valence-electron chi connectivity index (χ3n) is 4.80. The number of aromatic nitrogens is 2. The molecule has 2 aromatic carbocycles. The first-order chi connectivity index (χ1) is 14.7. The van der Waals surface area contributed by atoms with Crippen LogP contribution >= 0.6 is 0 Å². The van der Waals surface area contributed by atoms with E-state index in [2.05, 4.69) is 15.5 Å². The molecular formula is C23H25N3O4. The van der Waals surface area contributed by atoms with Gasteiger partial charge in [-0.15, -0.1) is 0 Å². The van der Waals surface area contributed by atoms with Crippen molar-refractivity contribution in [2.24, 2.45) is 5.92 Å². The van der Waals surface area contributed by atoms with Crippen LogP contribution in [0.15, 0.2) is 65.2 Å². The number of amides is 1. The van der Waals surface area contributed by atoms with Gasteiger partial charge >= 0.3 is 0 Å². The summed E-state index contributed by atoms with van der Waals surface area (Å²) >= 11 is 0. The van der Waals surface area contributed by atoms with Gasteiger partial charge in [0.05, 0.1) is 25.4 Å². The van der Waals surface area contributed by atoms with Crippen LogP contribution in [-0.4, -0.2) is 34.4 Å². The maximum absolute atomic E-state index is 11.2. The number of nitrogens with one attached hydrogen (secondary N) is 1. The Bertz CT molecular complexity index is 928. The largest absolute Gasteiger partial charge is 0.394 e. The van der Waals surface area contributed by atoms with Crippen LogP contribution in [0, 0.1) is 5.92 Å². The molecule has 0 spiro atoms. The van der Waals surface area contributed by atoms with E-state index in [1.807, 2.05) is 73.7 Å². The zero-order valence-corrected chi connectivity index (χ0v) is 16.7. The van der Waals surface area contributed by atoms with Crippen molar-refractivity contribution in [1.82, 2.24) is 15.5 Å². The zero-order chi connectivity index (χ0) is 21.2. The van der Waals surface area contributed by atoms with Gasteiger partial charge in [0.15, 0.2) is 5.82 Å². The van der Waals surface area contributed by atoms with Crippen LogP contribution in [0.2, 0.25) is 0 Å². The molecule has 7 heteroatoms. The average molecular weight is 407 g/mol. The van der Waals surface area contributed by atoms with Crippen LogP contribution in [0.25, 0.3) is 12.2 Å². The molecule has 3 aromatic rings. The van der Waals surface area contributed by atoms with E-state index in [0.717, 1.165) is 11.1 Å². The number of benzene rings is 2. The van der Waals surface area contributed by atoms with E-state index < -0.39 is 12.1 Å².